The molecule has 3 rings (SSSR count). The topological polar surface area (TPSA) is 80.5 Å². The number of aliphatic hydroxyl groups is 1. The number of nitriles is 1. The Morgan fingerprint density at radius 3 is 2.65 bits per heavy atom. The molecule has 1 fully saturated rings. The Balaban J connectivity index is 2.05. The maximum absolute atomic E-state index is 13.5. The number of hydrogen-bond donors (Lipinski definition) is 1. The second kappa shape index (κ2) is 8.32. The van der Waals surface area contributed by atoms with Crippen molar-refractivity contribution in [3.8, 4) is 6.07 Å². The number of halogens is 5. The first-order valence-corrected chi connectivity index (χ1v) is 9.49. The third-order valence-corrected chi connectivity index (χ3v) is 5.35. The van der Waals surface area contributed by atoms with Crippen LogP contribution in [-0.2, 0) is 11.0 Å². The molecule has 11 heteroatoms. The number of amides is 1. The molecular formula is C20H17ClF4N4O2. The summed E-state index contributed by atoms with van der Waals surface area (Å²) in [7, 11) is 1.37. The summed E-state index contributed by atoms with van der Waals surface area (Å²) in [5, 5.41) is 19.6. The zero-order chi connectivity index (χ0) is 23.1. The van der Waals surface area contributed by atoms with Gasteiger partial charge >= 0.3 is 6.18 Å². The number of benzene rings is 1. The summed E-state index contributed by atoms with van der Waals surface area (Å²) in [6.45, 7) is 1.36. The van der Waals surface area contributed by atoms with Crippen molar-refractivity contribution in [3.05, 3.63) is 51.9 Å². The van der Waals surface area contributed by atoms with Gasteiger partial charge in [0.15, 0.2) is 0 Å². The van der Waals surface area contributed by atoms with E-state index in [9.17, 15) is 32.7 Å². The van der Waals surface area contributed by atoms with Gasteiger partial charge in [-0.2, -0.15) is 18.4 Å². The molecule has 0 aliphatic carbocycles. The summed E-state index contributed by atoms with van der Waals surface area (Å²) < 4.78 is 53.9. The van der Waals surface area contributed by atoms with Crippen LogP contribution in [0, 0.1) is 24.1 Å². The van der Waals surface area contributed by atoms with E-state index in [1.165, 1.54) is 37.1 Å². The van der Waals surface area contributed by atoms with Crippen molar-refractivity contribution in [3.63, 3.8) is 0 Å². The fraction of sp³-hybridized carbons (Fsp3) is 0.350. The van der Waals surface area contributed by atoms with Crippen molar-refractivity contribution in [2.75, 3.05) is 23.4 Å². The molecule has 164 valence electrons. The van der Waals surface area contributed by atoms with Gasteiger partial charge in [-0.25, -0.2) is 9.37 Å². The Bertz CT molecular complexity index is 1070. The molecule has 2 heterocycles. The molecule has 0 spiro atoms. The molecule has 2 aromatic rings. The molecular weight excluding hydrogens is 440 g/mol. The number of anilines is 2. The van der Waals surface area contributed by atoms with Gasteiger partial charge in [0, 0.05) is 25.0 Å². The summed E-state index contributed by atoms with van der Waals surface area (Å²) in [5.41, 5.74) is -1.65. The maximum Gasteiger partial charge on any atom is 0.417 e. The van der Waals surface area contributed by atoms with E-state index in [0.717, 1.165) is 17.0 Å². The summed E-state index contributed by atoms with van der Waals surface area (Å²) in [5.74, 6) is -1.68. The minimum Gasteiger partial charge on any atom is -0.390 e. The number of carbonyl (C=O) groups excluding carboxylic acids is 1. The average Bonchev–Trinajstić information content (AvgIpc) is 3.08. The molecule has 0 radical (unpaired) electrons. The minimum atomic E-state index is -4.80. The monoisotopic (exact) mass is 456 g/mol. The smallest absolute Gasteiger partial charge is 0.390 e. The highest BCUT2D eigenvalue weighted by Gasteiger charge is 2.44. The van der Waals surface area contributed by atoms with Gasteiger partial charge in [0.2, 0.25) is 0 Å². The van der Waals surface area contributed by atoms with Crippen LogP contribution in [0.2, 0.25) is 5.02 Å². The second-order valence-corrected chi connectivity index (χ2v) is 7.52. The fourth-order valence-corrected chi connectivity index (χ4v) is 3.70. The first-order valence-electron chi connectivity index (χ1n) is 9.12. The molecule has 0 unspecified atom stereocenters. The Hall–Kier alpha value is -2.90. The zero-order valence-electron chi connectivity index (χ0n) is 16.4. The number of hydrogen-bond acceptors (Lipinski definition) is 5. The van der Waals surface area contributed by atoms with Crippen molar-refractivity contribution >= 4 is 29.0 Å². The van der Waals surface area contributed by atoms with Crippen LogP contribution < -0.4 is 9.80 Å². The van der Waals surface area contributed by atoms with Gasteiger partial charge < -0.3 is 14.9 Å². The molecule has 6 nitrogen and oxygen atoms in total. The van der Waals surface area contributed by atoms with Crippen molar-refractivity contribution in [1.82, 2.24) is 4.98 Å². The van der Waals surface area contributed by atoms with Crippen LogP contribution in [0.15, 0.2) is 24.3 Å². The van der Waals surface area contributed by atoms with E-state index in [4.69, 9.17) is 11.6 Å². The first-order chi connectivity index (χ1) is 14.5. The Labute approximate surface area is 180 Å². The van der Waals surface area contributed by atoms with Crippen molar-refractivity contribution in [2.45, 2.75) is 31.7 Å². The SMILES string of the molecule is Cc1cc(C(F)(F)F)c(C#N)c(N2CC[C@@H](O)[C@H]2C(=O)N(C)c2ccc(F)c(Cl)c2)n1. The van der Waals surface area contributed by atoms with Gasteiger partial charge in [-0.3, -0.25) is 4.79 Å². The highest BCUT2D eigenvalue weighted by atomic mass is 35.5. The van der Waals surface area contributed by atoms with Crippen molar-refractivity contribution < 1.29 is 27.5 Å². The summed E-state index contributed by atoms with van der Waals surface area (Å²) >= 11 is 5.77. The van der Waals surface area contributed by atoms with Crippen LogP contribution in [0.1, 0.15) is 23.2 Å². The number of likely N-dealkylation sites (N-methyl/N-ethyl adjacent to an activating group) is 1. The van der Waals surface area contributed by atoms with E-state index in [0.29, 0.717) is 0 Å². The molecule has 1 saturated heterocycles. The number of aryl methyl sites for hydroxylation is 1. The average molecular weight is 457 g/mol. The molecule has 1 amide bonds. The zero-order valence-corrected chi connectivity index (χ0v) is 17.2. The maximum atomic E-state index is 13.5. The third-order valence-electron chi connectivity index (χ3n) is 5.06. The van der Waals surface area contributed by atoms with E-state index in [1.807, 2.05) is 0 Å². The van der Waals surface area contributed by atoms with E-state index >= 15 is 0 Å². The quantitative estimate of drug-likeness (QED) is 0.713. The molecule has 0 saturated carbocycles. The lowest BCUT2D eigenvalue weighted by molar-refractivity contribution is -0.137. The minimum absolute atomic E-state index is 0.00702. The number of alkyl halides is 3. The molecule has 1 aliphatic rings. The second-order valence-electron chi connectivity index (χ2n) is 7.11. The summed E-state index contributed by atoms with van der Waals surface area (Å²) in [6.07, 6.45) is -5.93. The van der Waals surface area contributed by atoms with Crippen LogP contribution in [0.4, 0.5) is 29.1 Å². The molecule has 2 atom stereocenters. The first kappa shape index (κ1) is 22.8. The van der Waals surface area contributed by atoms with Gasteiger partial charge in [-0.05, 0) is 37.6 Å². The van der Waals surface area contributed by atoms with Gasteiger partial charge in [0.05, 0.1) is 16.7 Å². The normalized spacial score (nSPS) is 18.7. The van der Waals surface area contributed by atoms with Crippen LogP contribution in [0.5, 0.6) is 0 Å². The molecule has 1 aromatic heterocycles. The van der Waals surface area contributed by atoms with Gasteiger partial charge in [-0.15, -0.1) is 0 Å². The summed E-state index contributed by atoms with van der Waals surface area (Å²) in [6, 6.07) is 4.59. The van der Waals surface area contributed by atoms with Gasteiger partial charge in [-0.1, -0.05) is 11.6 Å². The lowest BCUT2D eigenvalue weighted by atomic mass is 10.1. The molecule has 0 bridgehead atoms. The van der Waals surface area contributed by atoms with E-state index < -0.39 is 41.2 Å². The fourth-order valence-electron chi connectivity index (χ4n) is 3.53. The van der Waals surface area contributed by atoms with E-state index in [2.05, 4.69) is 4.98 Å². The van der Waals surface area contributed by atoms with Crippen LogP contribution >= 0.6 is 11.6 Å². The Morgan fingerprint density at radius 2 is 2.06 bits per heavy atom. The van der Waals surface area contributed by atoms with E-state index in [1.54, 1.807) is 0 Å². The summed E-state index contributed by atoms with van der Waals surface area (Å²) in [4.78, 5) is 19.6. The predicted molar refractivity (Wildman–Crippen MR) is 105 cm³/mol. The number of nitrogens with zero attached hydrogens (tertiary/aromatic N) is 4. The van der Waals surface area contributed by atoms with Crippen LogP contribution in [0.3, 0.4) is 0 Å². The highest BCUT2D eigenvalue weighted by Crippen LogP contribution is 2.38. The molecule has 1 aromatic carbocycles. The van der Waals surface area contributed by atoms with E-state index in [-0.39, 0.29) is 35.2 Å². The molecule has 1 aliphatic heterocycles. The van der Waals surface area contributed by atoms with Crippen molar-refractivity contribution in [1.29, 1.82) is 5.26 Å². The Morgan fingerprint density at radius 1 is 1.39 bits per heavy atom. The molecule has 1 N–H and O–H groups in total. The van der Waals surface area contributed by atoms with Gasteiger partial charge in [0.25, 0.3) is 5.91 Å². The largest absolute Gasteiger partial charge is 0.417 e. The number of carbonyl (C=O) groups is 1. The lowest BCUT2D eigenvalue weighted by Crippen LogP contribution is -2.49. The number of rotatable bonds is 3. The van der Waals surface area contributed by atoms with Crippen LogP contribution in [0.25, 0.3) is 0 Å². The number of aliphatic hydroxyl groups excluding tert-OH is 1. The Kier molecular flexibility index (Phi) is 6.11. The highest BCUT2D eigenvalue weighted by molar-refractivity contribution is 6.31. The standard InChI is InChI=1S/C20H17ClF4N4O2/c1-10-7-13(20(23,24)25)12(9-26)18(27-10)29-6-5-16(30)17(29)19(31)28(2)11-3-4-15(22)14(21)8-11/h3-4,7-8,16-17,30H,5-6H2,1-2H3/t16-,17+/m1/s1. The van der Waals surface area contributed by atoms with Crippen molar-refractivity contribution in [2.24, 2.45) is 0 Å². The lowest BCUT2D eigenvalue weighted by Gasteiger charge is -2.31. The van der Waals surface area contributed by atoms with Crippen LogP contribution in [-0.4, -0.2) is 41.7 Å². The molecule has 31 heavy (non-hydrogen) atoms. The van der Waals surface area contributed by atoms with Gasteiger partial charge in [0.1, 0.15) is 29.3 Å². The third kappa shape index (κ3) is 4.29. The number of aromatic nitrogens is 1. The number of pyridine rings is 1. The predicted octanol–water partition coefficient (Wildman–Crippen LogP) is 3.68.